The van der Waals surface area contributed by atoms with Gasteiger partial charge in [0.05, 0.1) is 0 Å². The minimum Gasteiger partial charge on any atom is -0.384 e. The smallest absolute Gasteiger partial charge is 0.128 e. The lowest BCUT2D eigenvalue weighted by atomic mass is 10.0. The second-order valence-corrected chi connectivity index (χ2v) is 5.68. The molecule has 1 fully saturated rings. The molecule has 4 nitrogen and oxygen atoms in total. The number of aliphatic hydroxyl groups is 1. The zero-order valence-electron chi connectivity index (χ0n) is 13.0. The number of pyridine rings is 1. The second-order valence-electron chi connectivity index (χ2n) is 5.68. The standard InChI is InChI=1S/C18H23N3O/c1-2-20-10-12-21(13-11-20)17-9-8-16(14-19-17)18(22)15-6-4-3-5-7-15/h3-9,14,18,22H,2,10-13H2,1H3/t18-/m1/s1. The van der Waals surface area contributed by atoms with E-state index >= 15 is 0 Å². The lowest BCUT2D eigenvalue weighted by molar-refractivity contribution is 0.220. The summed E-state index contributed by atoms with van der Waals surface area (Å²) in [5.41, 5.74) is 1.73. The number of benzene rings is 1. The maximum absolute atomic E-state index is 10.4. The molecule has 1 aromatic carbocycles. The predicted molar refractivity (Wildman–Crippen MR) is 89.1 cm³/mol. The van der Waals surface area contributed by atoms with Gasteiger partial charge in [0.2, 0.25) is 0 Å². The van der Waals surface area contributed by atoms with Crippen molar-refractivity contribution in [1.29, 1.82) is 0 Å². The molecule has 1 aliphatic heterocycles. The summed E-state index contributed by atoms with van der Waals surface area (Å²) < 4.78 is 0. The number of piperazine rings is 1. The van der Waals surface area contributed by atoms with Crippen molar-refractivity contribution in [3.63, 3.8) is 0 Å². The molecular weight excluding hydrogens is 274 g/mol. The first kappa shape index (κ1) is 15.0. The summed E-state index contributed by atoms with van der Waals surface area (Å²) in [6.45, 7) is 7.53. The van der Waals surface area contributed by atoms with Crippen molar-refractivity contribution >= 4 is 5.82 Å². The first-order valence-corrected chi connectivity index (χ1v) is 7.94. The van der Waals surface area contributed by atoms with E-state index in [1.165, 1.54) is 0 Å². The van der Waals surface area contributed by atoms with E-state index in [1.807, 2.05) is 42.5 Å². The molecule has 0 saturated carbocycles. The third kappa shape index (κ3) is 3.29. The molecule has 1 aromatic heterocycles. The number of hydrogen-bond acceptors (Lipinski definition) is 4. The molecule has 2 heterocycles. The molecule has 0 aliphatic carbocycles. The van der Waals surface area contributed by atoms with Crippen molar-refractivity contribution in [3.05, 3.63) is 59.8 Å². The normalized spacial score (nSPS) is 17.5. The fourth-order valence-electron chi connectivity index (χ4n) is 2.87. The van der Waals surface area contributed by atoms with Gasteiger partial charge >= 0.3 is 0 Å². The summed E-state index contributed by atoms with van der Waals surface area (Å²) in [5.74, 6) is 1.000. The van der Waals surface area contributed by atoms with Crippen molar-refractivity contribution in [3.8, 4) is 0 Å². The van der Waals surface area contributed by atoms with Crippen molar-refractivity contribution < 1.29 is 5.11 Å². The van der Waals surface area contributed by atoms with Gasteiger partial charge in [-0.1, -0.05) is 43.3 Å². The molecule has 1 N–H and O–H groups in total. The fraction of sp³-hybridized carbons (Fsp3) is 0.389. The molecule has 1 atom stereocenters. The minimum atomic E-state index is -0.611. The quantitative estimate of drug-likeness (QED) is 0.940. The van der Waals surface area contributed by atoms with Gasteiger partial charge in [0.25, 0.3) is 0 Å². The number of anilines is 1. The van der Waals surface area contributed by atoms with Crippen LogP contribution in [-0.4, -0.2) is 47.7 Å². The van der Waals surface area contributed by atoms with Crippen LogP contribution in [0.1, 0.15) is 24.2 Å². The molecule has 22 heavy (non-hydrogen) atoms. The van der Waals surface area contributed by atoms with E-state index in [-0.39, 0.29) is 0 Å². The zero-order valence-corrected chi connectivity index (χ0v) is 13.0. The lowest BCUT2D eigenvalue weighted by Crippen LogP contribution is -2.46. The number of aliphatic hydroxyl groups excluding tert-OH is 1. The largest absolute Gasteiger partial charge is 0.384 e. The first-order chi connectivity index (χ1) is 10.8. The predicted octanol–water partition coefficient (Wildman–Crippen LogP) is 2.31. The van der Waals surface area contributed by atoms with Crippen LogP contribution >= 0.6 is 0 Å². The number of nitrogens with zero attached hydrogens (tertiary/aromatic N) is 3. The lowest BCUT2D eigenvalue weighted by Gasteiger charge is -2.34. The van der Waals surface area contributed by atoms with Crippen LogP contribution in [0.25, 0.3) is 0 Å². The van der Waals surface area contributed by atoms with Crippen LogP contribution in [0.5, 0.6) is 0 Å². The maximum Gasteiger partial charge on any atom is 0.128 e. The Hall–Kier alpha value is -1.91. The highest BCUT2D eigenvalue weighted by atomic mass is 16.3. The van der Waals surface area contributed by atoms with Gasteiger partial charge < -0.3 is 14.9 Å². The minimum absolute atomic E-state index is 0.611. The molecule has 3 rings (SSSR count). The van der Waals surface area contributed by atoms with Gasteiger partial charge in [0.15, 0.2) is 0 Å². The van der Waals surface area contributed by atoms with Crippen LogP contribution in [0, 0.1) is 0 Å². The topological polar surface area (TPSA) is 39.6 Å². The third-order valence-electron chi connectivity index (χ3n) is 4.35. The van der Waals surface area contributed by atoms with Gasteiger partial charge in [-0.3, -0.25) is 0 Å². The van der Waals surface area contributed by atoms with Crippen LogP contribution in [-0.2, 0) is 0 Å². The van der Waals surface area contributed by atoms with Crippen molar-refractivity contribution in [2.24, 2.45) is 0 Å². The van der Waals surface area contributed by atoms with Crippen LogP contribution in [0.15, 0.2) is 48.7 Å². The summed E-state index contributed by atoms with van der Waals surface area (Å²) >= 11 is 0. The molecule has 0 unspecified atom stereocenters. The summed E-state index contributed by atoms with van der Waals surface area (Å²) in [4.78, 5) is 9.31. The maximum atomic E-state index is 10.4. The summed E-state index contributed by atoms with van der Waals surface area (Å²) in [5, 5.41) is 10.4. The molecule has 0 amide bonds. The van der Waals surface area contributed by atoms with E-state index in [4.69, 9.17) is 0 Å². The highest BCUT2D eigenvalue weighted by molar-refractivity contribution is 5.41. The SMILES string of the molecule is CCN1CCN(c2ccc([C@H](O)c3ccccc3)cn2)CC1. The summed E-state index contributed by atoms with van der Waals surface area (Å²) in [6.07, 6.45) is 1.18. The number of aromatic nitrogens is 1. The van der Waals surface area contributed by atoms with Gasteiger partial charge in [0.1, 0.15) is 11.9 Å². The number of hydrogen-bond donors (Lipinski definition) is 1. The average molecular weight is 297 g/mol. The van der Waals surface area contributed by atoms with Crippen molar-refractivity contribution in [1.82, 2.24) is 9.88 Å². The van der Waals surface area contributed by atoms with E-state index in [1.54, 1.807) is 6.20 Å². The highest BCUT2D eigenvalue weighted by Gasteiger charge is 2.17. The Morgan fingerprint density at radius 1 is 1.00 bits per heavy atom. The van der Waals surface area contributed by atoms with Crippen LogP contribution in [0.2, 0.25) is 0 Å². The zero-order chi connectivity index (χ0) is 15.4. The van der Waals surface area contributed by atoms with Gasteiger partial charge in [-0.25, -0.2) is 4.98 Å². The van der Waals surface area contributed by atoms with E-state index in [9.17, 15) is 5.11 Å². The van der Waals surface area contributed by atoms with Crippen LogP contribution in [0.4, 0.5) is 5.82 Å². The molecule has 0 bridgehead atoms. The Bertz CT molecular complexity index is 577. The first-order valence-electron chi connectivity index (χ1n) is 7.94. The Balaban J connectivity index is 1.68. The van der Waals surface area contributed by atoms with Gasteiger partial charge in [0, 0.05) is 37.9 Å². The Kier molecular flexibility index (Phi) is 4.71. The molecule has 1 aliphatic rings. The van der Waals surface area contributed by atoms with Gasteiger partial charge in [-0.15, -0.1) is 0 Å². The van der Waals surface area contributed by atoms with E-state index in [0.717, 1.165) is 49.7 Å². The van der Waals surface area contributed by atoms with Crippen molar-refractivity contribution in [2.75, 3.05) is 37.6 Å². The van der Waals surface area contributed by atoms with Gasteiger partial charge in [-0.05, 0) is 18.2 Å². The molecule has 1 saturated heterocycles. The third-order valence-corrected chi connectivity index (χ3v) is 4.35. The van der Waals surface area contributed by atoms with E-state index in [2.05, 4.69) is 21.7 Å². The molecule has 0 spiro atoms. The van der Waals surface area contributed by atoms with Crippen LogP contribution in [0.3, 0.4) is 0 Å². The Morgan fingerprint density at radius 2 is 1.73 bits per heavy atom. The molecule has 2 aromatic rings. The summed E-state index contributed by atoms with van der Waals surface area (Å²) in [7, 11) is 0. The monoisotopic (exact) mass is 297 g/mol. The van der Waals surface area contributed by atoms with E-state index < -0.39 is 6.10 Å². The number of rotatable bonds is 4. The van der Waals surface area contributed by atoms with Crippen molar-refractivity contribution in [2.45, 2.75) is 13.0 Å². The number of likely N-dealkylation sites (N-methyl/N-ethyl adjacent to an activating group) is 1. The van der Waals surface area contributed by atoms with Gasteiger partial charge in [-0.2, -0.15) is 0 Å². The highest BCUT2D eigenvalue weighted by Crippen LogP contribution is 2.23. The van der Waals surface area contributed by atoms with E-state index in [0.29, 0.717) is 0 Å². The summed E-state index contributed by atoms with van der Waals surface area (Å²) in [6, 6.07) is 13.7. The average Bonchev–Trinajstić information content (AvgIpc) is 2.62. The fourth-order valence-corrected chi connectivity index (χ4v) is 2.87. The Morgan fingerprint density at radius 3 is 2.32 bits per heavy atom. The molecule has 4 heteroatoms. The Labute approximate surface area is 132 Å². The molecular formula is C18H23N3O. The molecule has 116 valence electrons. The van der Waals surface area contributed by atoms with Crippen LogP contribution < -0.4 is 4.90 Å². The second kappa shape index (κ2) is 6.90. The molecule has 0 radical (unpaired) electrons.